The van der Waals surface area contributed by atoms with E-state index in [1.807, 2.05) is 43.3 Å². The predicted molar refractivity (Wildman–Crippen MR) is 111 cm³/mol. The van der Waals surface area contributed by atoms with Crippen LogP contribution in [0.2, 0.25) is 5.02 Å². The van der Waals surface area contributed by atoms with Gasteiger partial charge in [0.15, 0.2) is 11.5 Å². The molecule has 0 fully saturated rings. The van der Waals surface area contributed by atoms with Crippen LogP contribution < -0.4 is 14.9 Å². The molecule has 0 aliphatic heterocycles. The molecule has 4 nitrogen and oxygen atoms in total. The Labute approximate surface area is 168 Å². The van der Waals surface area contributed by atoms with Crippen LogP contribution in [0.15, 0.2) is 65.8 Å². The van der Waals surface area contributed by atoms with Crippen molar-refractivity contribution in [1.29, 1.82) is 0 Å². The largest absolute Gasteiger partial charge is 0.493 e. The van der Waals surface area contributed by atoms with E-state index in [4.69, 9.17) is 21.1 Å². The summed E-state index contributed by atoms with van der Waals surface area (Å²) in [5.74, 6) is 0.559. The van der Waals surface area contributed by atoms with Gasteiger partial charge in [0.05, 0.1) is 24.0 Å². The molecule has 3 aromatic carbocycles. The summed E-state index contributed by atoms with van der Waals surface area (Å²) in [6.45, 7) is 1.99. The first kappa shape index (κ1) is 19.7. The average molecular weight is 399 g/mol. The van der Waals surface area contributed by atoms with E-state index < -0.39 is 5.82 Å². The second-order valence-corrected chi connectivity index (χ2v) is 6.51. The number of nitrogens with one attached hydrogen (secondary N) is 1. The fourth-order valence-electron chi connectivity index (χ4n) is 2.57. The number of nitrogens with zero attached hydrogens (tertiary/aromatic N) is 1. The molecule has 0 atom stereocenters. The molecule has 0 unspecified atom stereocenters. The summed E-state index contributed by atoms with van der Waals surface area (Å²) in [5, 5.41) is 4.57. The number of ether oxygens (including phenoxy) is 2. The fraction of sp³-hybridized carbons (Fsp3) is 0.136. The van der Waals surface area contributed by atoms with E-state index in [9.17, 15) is 4.39 Å². The van der Waals surface area contributed by atoms with E-state index in [-0.39, 0.29) is 12.2 Å². The normalized spacial score (nSPS) is 10.9. The quantitative estimate of drug-likeness (QED) is 0.402. The Hall–Kier alpha value is -3.05. The summed E-state index contributed by atoms with van der Waals surface area (Å²) in [7, 11) is 1.55. The van der Waals surface area contributed by atoms with Gasteiger partial charge < -0.3 is 9.47 Å². The Balaban J connectivity index is 1.80. The number of aryl methyl sites for hydroxylation is 1. The molecule has 28 heavy (non-hydrogen) atoms. The topological polar surface area (TPSA) is 42.8 Å². The number of hydrazone groups is 1. The molecule has 0 radical (unpaired) electrons. The van der Waals surface area contributed by atoms with Crippen LogP contribution in [0.1, 0.15) is 16.7 Å². The van der Waals surface area contributed by atoms with Crippen LogP contribution in [0.5, 0.6) is 11.5 Å². The van der Waals surface area contributed by atoms with Crippen molar-refractivity contribution in [2.45, 2.75) is 13.5 Å². The molecular weight excluding hydrogens is 379 g/mol. The maximum absolute atomic E-state index is 14.0. The Morgan fingerprint density at radius 2 is 1.82 bits per heavy atom. The fourth-order valence-corrected chi connectivity index (χ4v) is 2.79. The lowest BCUT2D eigenvalue weighted by atomic mass is 10.2. The number of anilines is 1. The van der Waals surface area contributed by atoms with Crippen LogP contribution in [0, 0.1) is 12.7 Å². The molecule has 0 aliphatic rings. The number of methoxy groups -OCH3 is 1. The minimum Gasteiger partial charge on any atom is -0.493 e. The number of halogens is 2. The third-order valence-corrected chi connectivity index (χ3v) is 4.45. The Morgan fingerprint density at radius 1 is 1.07 bits per heavy atom. The predicted octanol–water partition coefficient (Wildman–Crippen LogP) is 5.82. The molecule has 0 bridgehead atoms. The van der Waals surface area contributed by atoms with Gasteiger partial charge in [-0.3, -0.25) is 5.43 Å². The maximum atomic E-state index is 14.0. The van der Waals surface area contributed by atoms with Gasteiger partial charge in [0.25, 0.3) is 0 Å². The molecule has 0 saturated carbocycles. The van der Waals surface area contributed by atoms with Crippen LogP contribution in [-0.2, 0) is 6.61 Å². The first-order chi connectivity index (χ1) is 13.6. The zero-order valence-corrected chi connectivity index (χ0v) is 16.3. The van der Waals surface area contributed by atoms with Gasteiger partial charge in [-0.1, -0.05) is 41.4 Å². The summed E-state index contributed by atoms with van der Waals surface area (Å²) in [5.41, 5.74) is 5.98. The van der Waals surface area contributed by atoms with Gasteiger partial charge in [0.1, 0.15) is 12.4 Å². The van der Waals surface area contributed by atoms with Crippen molar-refractivity contribution >= 4 is 23.5 Å². The summed E-state index contributed by atoms with van der Waals surface area (Å²) < 4.78 is 25.3. The van der Waals surface area contributed by atoms with Crippen molar-refractivity contribution in [3.8, 4) is 11.5 Å². The molecule has 0 spiro atoms. The molecule has 3 rings (SSSR count). The Morgan fingerprint density at radius 3 is 2.54 bits per heavy atom. The molecule has 1 N–H and O–H groups in total. The van der Waals surface area contributed by atoms with Gasteiger partial charge in [0, 0.05) is 11.1 Å². The molecule has 0 amide bonds. The number of hydrogen-bond acceptors (Lipinski definition) is 4. The van der Waals surface area contributed by atoms with Crippen LogP contribution in [0.4, 0.5) is 10.1 Å². The highest BCUT2D eigenvalue weighted by Crippen LogP contribution is 2.32. The summed E-state index contributed by atoms with van der Waals surface area (Å²) in [4.78, 5) is 0. The highest BCUT2D eigenvalue weighted by Gasteiger charge is 2.13. The van der Waals surface area contributed by atoms with E-state index in [2.05, 4.69) is 10.5 Å². The second-order valence-electron chi connectivity index (χ2n) is 6.10. The van der Waals surface area contributed by atoms with Crippen LogP contribution in [0.25, 0.3) is 0 Å². The lowest BCUT2D eigenvalue weighted by Gasteiger charge is -2.14. The number of benzene rings is 3. The number of para-hydroxylation sites is 1. The zero-order valence-electron chi connectivity index (χ0n) is 15.6. The standard InChI is InChI=1S/C22H20ClFN2O2/c1-15-9-11-17(12-10-15)26-25-13-16-5-3-8-21(27-2)22(16)28-14-18-19(23)6-4-7-20(18)24/h3-13,26H,14H2,1-2H3. The number of hydrogen-bond donors (Lipinski definition) is 1. The number of rotatable bonds is 7. The first-order valence-electron chi connectivity index (χ1n) is 8.67. The van der Waals surface area contributed by atoms with E-state index >= 15 is 0 Å². The second kappa shape index (κ2) is 9.24. The molecular formula is C22H20ClFN2O2. The molecule has 0 saturated heterocycles. The monoisotopic (exact) mass is 398 g/mol. The zero-order chi connectivity index (χ0) is 19.9. The minimum absolute atomic E-state index is 0.0297. The molecule has 6 heteroatoms. The third-order valence-electron chi connectivity index (χ3n) is 4.10. The van der Waals surface area contributed by atoms with Crippen molar-refractivity contribution in [2.75, 3.05) is 12.5 Å². The molecule has 0 heterocycles. The molecule has 0 aliphatic carbocycles. The van der Waals surface area contributed by atoms with E-state index in [1.165, 1.54) is 11.6 Å². The van der Waals surface area contributed by atoms with E-state index in [1.54, 1.807) is 31.5 Å². The van der Waals surface area contributed by atoms with Crippen molar-refractivity contribution in [3.05, 3.63) is 88.2 Å². The van der Waals surface area contributed by atoms with Gasteiger partial charge >= 0.3 is 0 Å². The van der Waals surface area contributed by atoms with E-state index in [0.29, 0.717) is 22.1 Å². The summed E-state index contributed by atoms with van der Waals surface area (Å²) in [6.07, 6.45) is 1.63. The molecule has 0 aromatic heterocycles. The minimum atomic E-state index is -0.418. The summed E-state index contributed by atoms with van der Waals surface area (Å²) >= 11 is 6.08. The highest BCUT2D eigenvalue weighted by molar-refractivity contribution is 6.31. The lowest BCUT2D eigenvalue weighted by Crippen LogP contribution is -2.03. The van der Waals surface area contributed by atoms with Gasteiger partial charge in [-0.2, -0.15) is 5.10 Å². The van der Waals surface area contributed by atoms with Crippen LogP contribution in [-0.4, -0.2) is 13.3 Å². The maximum Gasteiger partial charge on any atom is 0.170 e. The molecule has 144 valence electrons. The smallest absolute Gasteiger partial charge is 0.170 e. The lowest BCUT2D eigenvalue weighted by molar-refractivity contribution is 0.279. The van der Waals surface area contributed by atoms with E-state index in [0.717, 1.165) is 5.69 Å². The average Bonchev–Trinajstić information content (AvgIpc) is 2.69. The first-order valence-corrected chi connectivity index (χ1v) is 9.04. The van der Waals surface area contributed by atoms with Gasteiger partial charge in [-0.25, -0.2) is 4.39 Å². The van der Waals surface area contributed by atoms with Gasteiger partial charge in [-0.15, -0.1) is 0 Å². The van der Waals surface area contributed by atoms with Crippen molar-refractivity contribution in [1.82, 2.24) is 0 Å². The summed E-state index contributed by atoms with van der Waals surface area (Å²) in [6, 6.07) is 17.8. The van der Waals surface area contributed by atoms with Crippen molar-refractivity contribution in [3.63, 3.8) is 0 Å². The van der Waals surface area contributed by atoms with Crippen molar-refractivity contribution in [2.24, 2.45) is 5.10 Å². The third kappa shape index (κ3) is 4.81. The van der Waals surface area contributed by atoms with Gasteiger partial charge in [0.2, 0.25) is 0 Å². The van der Waals surface area contributed by atoms with Crippen molar-refractivity contribution < 1.29 is 13.9 Å². The Bertz CT molecular complexity index is 955. The Kier molecular flexibility index (Phi) is 6.50. The highest BCUT2D eigenvalue weighted by atomic mass is 35.5. The van der Waals surface area contributed by atoms with Crippen LogP contribution >= 0.6 is 11.6 Å². The van der Waals surface area contributed by atoms with Gasteiger partial charge in [-0.05, 0) is 43.3 Å². The molecule has 3 aromatic rings. The SMILES string of the molecule is COc1cccc(C=NNc2ccc(C)cc2)c1OCc1c(F)cccc1Cl. The van der Waals surface area contributed by atoms with Crippen LogP contribution in [0.3, 0.4) is 0 Å².